The van der Waals surface area contributed by atoms with E-state index in [0.717, 1.165) is 11.3 Å². The van der Waals surface area contributed by atoms with Gasteiger partial charge in [0.2, 0.25) is 11.8 Å². The van der Waals surface area contributed by atoms with E-state index in [2.05, 4.69) is 0 Å². The molecule has 0 saturated carbocycles. The van der Waals surface area contributed by atoms with Crippen molar-refractivity contribution in [1.82, 2.24) is 4.90 Å². The van der Waals surface area contributed by atoms with E-state index in [0.29, 0.717) is 24.5 Å². The molecule has 1 saturated heterocycles. The van der Waals surface area contributed by atoms with Crippen LogP contribution >= 0.6 is 0 Å². The Morgan fingerprint density at radius 3 is 2.52 bits per heavy atom. The van der Waals surface area contributed by atoms with Crippen LogP contribution in [0.15, 0.2) is 34.7 Å². The monoisotopic (exact) mass is 370 g/mol. The summed E-state index contributed by atoms with van der Waals surface area (Å²) in [5, 5.41) is 9.09. The number of aromatic carboxylic acids is 1. The Balaban J connectivity index is 1.68. The molecule has 1 aliphatic rings. The fraction of sp³-hybridized carbons (Fsp3) is 0.350. The second kappa shape index (κ2) is 7.26. The number of hydrogen-bond acceptors (Lipinski definition) is 4. The minimum Gasteiger partial charge on any atom is -0.478 e. The molecule has 0 unspecified atom stereocenters. The van der Waals surface area contributed by atoms with Gasteiger partial charge in [0, 0.05) is 19.3 Å². The van der Waals surface area contributed by atoms with Crippen LogP contribution in [0.1, 0.15) is 33.9 Å². The lowest BCUT2D eigenvalue weighted by Crippen LogP contribution is -2.37. The zero-order chi connectivity index (χ0) is 19.7. The number of carboxylic acid groups (broad SMARTS) is 1. The van der Waals surface area contributed by atoms with Crippen LogP contribution in [-0.4, -0.2) is 41.4 Å². The molecule has 0 spiro atoms. The maximum absolute atomic E-state index is 12.7. The van der Waals surface area contributed by atoms with E-state index in [1.165, 1.54) is 11.0 Å². The highest BCUT2D eigenvalue weighted by molar-refractivity contribution is 6.09. The molecule has 2 heterocycles. The summed E-state index contributed by atoms with van der Waals surface area (Å²) in [5.74, 6) is -1.64. The molecule has 1 aromatic heterocycles. The molecule has 0 bridgehead atoms. The predicted octanol–water partition coefficient (Wildman–Crippen LogP) is 2.61. The molecule has 0 radical (unpaired) electrons. The minimum atomic E-state index is -1.07. The van der Waals surface area contributed by atoms with Crippen LogP contribution in [0.5, 0.6) is 0 Å². The topological polar surface area (TPSA) is 91.1 Å². The predicted molar refractivity (Wildman–Crippen MR) is 98.5 cm³/mol. The maximum Gasteiger partial charge on any atom is 0.339 e. The smallest absolute Gasteiger partial charge is 0.339 e. The molecule has 3 rings (SSSR count). The molecular formula is C20H22N2O5. The molecule has 1 atom stereocenters. The number of carboxylic acids is 1. The van der Waals surface area contributed by atoms with Crippen molar-refractivity contribution in [3.63, 3.8) is 0 Å². The third kappa shape index (κ3) is 3.72. The van der Waals surface area contributed by atoms with Crippen molar-refractivity contribution in [3.05, 3.63) is 53.0 Å². The van der Waals surface area contributed by atoms with E-state index >= 15 is 0 Å². The second-order valence-corrected chi connectivity index (χ2v) is 6.85. The van der Waals surface area contributed by atoms with E-state index in [-0.39, 0.29) is 23.9 Å². The van der Waals surface area contributed by atoms with Gasteiger partial charge >= 0.3 is 5.97 Å². The Hall–Kier alpha value is -3.09. The first-order valence-electron chi connectivity index (χ1n) is 8.73. The van der Waals surface area contributed by atoms with Gasteiger partial charge in [-0.05, 0) is 38.5 Å². The Morgan fingerprint density at radius 2 is 1.93 bits per heavy atom. The number of rotatable bonds is 5. The summed E-state index contributed by atoms with van der Waals surface area (Å²) in [6, 6.07) is 9.04. The number of nitrogens with zero attached hydrogens (tertiary/aromatic N) is 2. The number of furan rings is 1. The molecule has 7 heteroatoms. The van der Waals surface area contributed by atoms with Gasteiger partial charge in [-0.15, -0.1) is 0 Å². The van der Waals surface area contributed by atoms with Crippen molar-refractivity contribution < 1.29 is 23.9 Å². The molecule has 1 N–H and O–H groups in total. The maximum atomic E-state index is 12.7. The third-order valence-corrected chi connectivity index (χ3v) is 4.82. The summed E-state index contributed by atoms with van der Waals surface area (Å²) in [5.41, 5.74) is 1.97. The Bertz CT molecular complexity index is 884. The van der Waals surface area contributed by atoms with Gasteiger partial charge in [0.15, 0.2) is 0 Å². The fourth-order valence-corrected chi connectivity index (χ4v) is 3.30. The number of carbonyl (C=O) groups excluding carboxylic acids is 2. The number of amides is 2. The van der Waals surface area contributed by atoms with Gasteiger partial charge in [-0.25, -0.2) is 4.79 Å². The number of anilines is 1. The van der Waals surface area contributed by atoms with Crippen molar-refractivity contribution in [2.45, 2.75) is 26.8 Å². The van der Waals surface area contributed by atoms with Gasteiger partial charge in [0.25, 0.3) is 0 Å². The summed E-state index contributed by atoms with van der Waals surface area (Å²) in [7, 11) is 1.59. The van der Waals surface area contributed by atoms with Gasteiger partial charge < -0.3 is 19.3 Å². The molecule has 1 aromatic carbocycles. The second-order valence-electron chi connectivity index (χ2n) is 6.85. The lowest BCUT2D eigenvalue weighted by molar-refractivity contribution is -0.139. The minimum absolute atomic E-state index is 0.0772. The average molecular weight is 370 g/mol. The highest BCUT2D eigenvalue weighted by Crippen LogP contribution is 2.27. The van der Waals surface area contributed by atoms with Crippen LogP contribution in [0, 0.1) is 19.8 Å². The molecule has 7 nitrogen and oxygen atoms in total. The molecule has 27 heavy (non-hydrogen) atoms. The number of benzene rings is 1. The summed E-state index contributed by atoms with van der Waals surface area (Å²) in [6.07, 6.45) is 0.452. The van der Waals surface area contributed by atoms with Crippen molar-refractivity contribution in [1.29, 1.82) is 0 Å². The van der Waals surface area contributed by atoms with Gasteiger partial charge in [-0.2, -0.15) is 0 Å². The number of aryl methyl sites for hydroxylation is 2. The molecule has 2 aromatic rings. The first kappa shape index (κ1) is 18.7. The van der Waals surface area contributed by atoms with Crippen molar-refractivity contribution >= 4 is 23.5 Å². The number of hydrogen-bond donors (Lipinski definition) is 1. The van der Waals surface area contributed by atoms with Crippen molar-refractivity contribution in [3.8, 4) is 0 Å². The van der Waals surface area contributed by atoms with Gasteiger partial charge in [-0.3, -0.25) is 9.59 Å². The Kier molecular flexibility index (Phi) is 5.03. The van der Waals surface area contributed by atoms with Crippen molar-refractivity contribution in [2.24, 2.45) is 5.92 Å². The van der Waals surface area contributed by atoms with Crippen LogP contribution in [0.4, 0.5) is 5.69 Å². The van der Waals surface area contributed by atoms with E-state index < -0.39 is 11.9 Å². The van der Waals surface area contributed by atoms with Crippen LogP contribution in [-0.2, 0) is 16.1 Å². The first-order valence-corrected chi connectivity index (χ1v) is 8.73. The summed E-state index contributed by atoms with van der Waals surface area (Å²) >= 11 is 0. The highest BCUT2D eigenvalue weighted by atomic mass is 16.4. The SMILES string of the molecule is Cc1ccc(N2CC[C@@H](C(=O)N(C)Cc3cc(C(=O)O)c(C)o3)C2=O)cc1. The quantitative estimate of drug-likeness (QED) is 0.817. The fourth-order valence-electron chi connectivity index (χ4n) is 3.30. The van der Waals surface area contributed by atoms with Gasteiger partial charge in [0.05, 0.1) is 6.54 Å². The number of carbonyl (C=O) groups is 3. The lowest BCUT2D eigenvalue weighted by Gasteiger charge is -2.20. The molecule has 0 aliphatic carbocycles. The molecule has 1 aliphatic heterocycles. The van der Waals surface area contributed by atoms with Crippen LogP contribution < -0.4 is 4.90 Å². The zero-order valence-electron chi connectivity index (χ0n) is 15.6. The summed E-state index contributed by atoms with van der Waals surface area (Å²) in [6.45, 7) is 4.15. The lowest BCUT2D eigenvalue weighted by atomic mass is 10.1. The average Bonchev–Trinajstić information content (AvgIpc) is 3.18. The summed E-state index contributed by atoms with van der Waals surface area (Å²) in [4.78, 5) is 39.6. The van der Waals surface area contributed by atoms with Crippen LogP contribution in [0.3, 0.4) is 0 Å². The van der Waals surface area contributed by atoms with Gasteiger partial charge in [0.1, 0.15) is 23.0 Å². The standard InChI is InChI=1S/C20H22N2O5/c1-12-4-6-14(7-5-12)22-9-8-16(19(22)24)18(23)21(3)11-15-10-17(20(25)26)13(2)27-15/h4-7,10,16H,8-9,11H2,1-3H3,(H,25,26)/t16-/m0/s1. The molecule has 1 fully saturated rings. The molecule has 2 amide bonds. The zero-order valence-corrected chi connectivity index (χ0v) is 15.6. The van der Waals surface area contributed by atoms with E-state index in [9.17, 15) is 14.4 Å². The Labute approximate surface area is 157 Å². The van der Waals surface area contributed by atoms with Crippen LogP contribution in [0.2, 0.25) is 0 Å². The molecular weight excluding hydrogens is 348 g/mol. The Morgan fingerprint density at radius 1 is 1.26 bits per heavy atom. The normalized spacial score (nSPS) is 16.6. The van der Waals surface area contributed by atoms with Gasteiger partial charge in [-0.1, -0.05) is 17.7 Å². The molecule has 142 valence electrons. The van der Waals surface area contributed by atoms with E-state index in [1.807, 2.05) is 31.2 Å². The highest BCUT2D eigenvalue weighted by Gasteiger charge is 2.39. The van der Waals surface area contributed by atoms with E-state index in [4.69, 9.17) is 9.52 Å². The first-order chi connectivity index (χ1) is 12.8. The van der Waals surface area contributed by atoms with Crippen molar-refractivity contribution in [2.75, 3.05) is 18.5 Å². The van der Waals surface area contributed by atoms with Crippen LogP contribution in [0.25, 0.3) is 0 Å². The summed E-state index contributed by atoms with van der Waals surface area (Å²) < 4.78 is 5.42. The van der Waals surface area contributed by atoms with E-state index in [1.54, 1.807) is 18.9 Å². The third-order valence-electron chi connectivity index (χ3n) is 4.82. The largest absolute Gasteiger partial charge is 0.478 e.